The molecule has 17 heavy (non-hydrogen) atoms. The summed E-state index contributed by atoms with van der Waals surface area (Å²) in [7, 11) is -0.781. The first kappa shape index (κ1) is 14.2. The molecule has 0 saturated heterocycles. The van der Waals surface area contributed by atoms with Gasteiger partial charge in [-0.2, -0.15) is 4.98 Å². The first-order chi connectivity index (χ1) is 8.17. The molecule has 2 N–H and O–H groups in total. The van der Waals surface area contributed by atoms with Crippen molar-refractivity contribution < 1.29 is 4.21 Å². The summed E-state index contributed by atoms with van der Waals surface area (Å²) in [6.45, 7) is 5.20. The largest absolute Gasteiger partial charge is 0.368 e. The first-order valence-corrected chi connectivity index (χ1v) is 7.39. The number of hydrogen-bond donors (Lipinski definition) is 2. The van der Waals surface area contributed by atoms with Gasteiger partial charge in [-0.15, -0.1) is 0 Å². The highest BCUT2D eigenvalue weighted by Gasteiger charge is 2.04. The summed E-state index contributed by atoms with van der Waals surface area (Å²) in [5.41, 5.74) is 0. The Kier molecular flexibility index (Phi) is 6.21. The van der Waals surface area contributed by atoms with Crippen molar-refractivity contribution in [2.24, 2.45) is 0 Å². The number of rotatable bonds is 7. The smallest absolute Gasteiger partial charge is 0.224 e. The molecule has 0 aromatic carbocycles. The molecule has 0 aliphatic carbocycles. The number of anilines is 2. The molecule has 0 bridgehead atoms. The Morgan fingerprint density at radius 3 is 2.82 bits per heavy atom. The molecule has 0 saturated carbocycles. The average molecular weight is 277 g/mol. The van der Waals surface area contributed by atoms with Gasteiger partial charge in [-0.25, -0.2) is 4.98 Å². The monoisotopic (exact) mass is 276 g/mol. The van der Waals surface area contributed by atoms with E-state index in [1.807, 2.05) is 13.8 Å². The highest BCUT2D eigenvalue weighted by Crippen LogP contribution is 2.18. The zero-order valence-electron chi connectivity index (χ0n) is 9.99. The van der Waals surface area contributed by atoms with E-state index in [1.165, 1.54) is 0 Å². The van der Waals surface area contributed by atoms with Gasteiger partial charge >= 0.3 is 0 Å². The van der Waals surface area contributed by atoms with Crippen molar-refractivity contribution in [2.75, 3.05) is 35.2 Å². The van der Waals surface area contributed by atoms with Crippen LogP contribution in [0.15, 0.2) is 6.20 Å². The summed E-state index contributed by atoms with van der Waals surface area (Å²) >= 11 is 5.95. The molecule has 1 heterocycles. The van der Waals surface area contributed by atoms with Gasteiger partial charge in [-0.1, -0.05) is 18.5 Å². The zero-order chi connectivity index (χ0) is 12.7. The van der Waals surface area contributed by atoms with Gasteiger partial charge in [-0.05, 0) is 6.92 Å². The predicted octanol–water partition coefficient (Wildman–Crippen LogP) is 1.74. The molecular weight excluding hydrogens is 260 g/mol. The lowest BCUT2D eigenvalue weighted by molar-refractivity contribution is 0.684. The molecule has 0 radical (unpaired) electrons. The Bertz CT molecular complexity index is 389. The number of nitrogens with zero attached hydrogens (tertiary/aromatic N) is 2. The summed E-state index contributed by atoms with van der Waals surface area (Å²) in [5.74, 6) is 2.37. The van der Waals surface area contributed by atoms with E-state index < -0.39 is 10.8 Å². The summed E-state index contributed by atoms with van der Waals surface area (Å²) in [5, 5.41) is 6.53. The van der Waals surface area contributed by atoms with E-state index in [0.717, 1.165) is 6.54 Å². The van der Waals surface area contributed by atoms with Crippen molar-refractivity contribution in [1.82, 2.24) is 9.97 Å². The predicted molar refractivity (Wildman–Crippen MR) is 73.2 cm³/mol. The maximum atomic E-state index is 11.2. The highest BCUT2D eigenvalue weighted by atomic mass is 35.5. The summed E-state index contributed by atoms with van der Waals surface area (Å²) in [4.78, 5) is 8.25. The maximum absolute atomic E-state index is 11.2. The second-order valence-electron chi connectivity index (χ2n) is 3.28. The Morgan fingerprint density at radius 2 is 2.18 bits per heavy atom. The van der Waals surface area contributed by atoms with Crippen LogP contribution >= 0.6 is 11.6 Å². The molecule has 1 unspecified atom stereocenters. The summed E-state index contributed by atoms with van der Waals surface area (Å²) in [6, 6.07) is 0. The van der Waals surface area contributed by atoms with E-state index in [9.17, 15) is 4.21 Å². The third kappa shape index (κ3) is 4.87. The third-order valence-electron chi connectivity index (χ3n) is 2.02. The fraction of sp³-hybridized carbons (Fsp3) is 0.600. The fourth-order valence-corrected chi connectivity index (χ4v) is 1.94. The molecule has 1 aromatic rings. The zero-order valence-corrected chi connectivity index (χ0v) is 11.6. The van der Waals surface area contributed by atoms with Crippen LogP contribution in [0.4, 0.5) is 11.8 Å². The van der Waals surface area contributed by atoms with Crippen LogP contribution in [0.2, 0.25) is 5.02 Å². The van der Waals surface area contributed by atoms with Crippen LogP contribution < -0.4 is 10.6 Å². The van der Waals surface area contributed by atoms with Gasteiger partial charge in [-0.3, -0.25) is 4.21 Å². The number of hydrogen-bond acceptors (Lipinski definition) is 5. The quantitative estimate of drug-likeness (QED) is 0.794. The molecule has 0 aliphatic heterocycles. The van der Waals surface area contributed by atoms with E-state index >= 15 is 0 Å². The van der Waals surface area contributed by atoms with Crippen LogP contribution in [-0.4, -0.2) is 38.8 Å². The van der Waals surface area contributed by atoms with E-state index in [1.54, 1.807) is 6.20 Å². The molecule has 96 valence electrons. The fourth-order valence-electron chi connectivity index (χ4n) is 1.16. The van der Waals surface area contributed by atoms with Gasteiger partial charge in [0, 0.05) is 35.4 Å². The van der Waals surface area contributed by atoms with E-state index in [-0.39, 0.29) is 0 Å². The minimum Gasteiger partial charge on any atom is -0.368 e. The van der Waals surface area contributed by atoms with Crippen molar-refractivity contribution in [3.63, 3.8) is 0 Å². The van der Waals surface area contributed by atoms with Gasteiger partial charge in [0.1, 0.15) is 5.02 Å². The molecule has 0 amide bonds. The van der Waals surface area contributed by atoms with Crippen LogP contribution in [-0.2, 0) is 10.8 Å². The van der Waals surface area contributed by atoms with Gasteiger partial charge in [0.05, 0.1) is 6.20 Å². The van der Waals surface area contributed by atoms with Crippen molar-refractivity contribution >= 4 is 34.2 Å². The molecule has 0 aliphatic rings. The molecule has 1 rings (SSSR count). The summed E-state index contributed by atoms with van der Waals surface area (Å²) < 4.78 is 11.2. The Morgan fingerprint density at radius 1 is 1.41 bits per heavy atom. The lowest BCUT2D eigenvalue weighted by atomic mass is 10.5. The van der Waals surface area contributed by atoms with Crippen molar-refractivity contribution in [1.29, 1.82) is 0 Å². The van der Waals surface area contributed by atoms with Gasteiger partial charge in [0.25, 0.3) is 0 Å². The average Bonchev–Trinajstić information content (AvgIpc) is 2.33. The number of nitrogens with one attached hydrogen (secondary N) is 2. The van der Waals surface area contributed by atoms with Crippen LogP contribution in [0.25, 0.3) is 0 Å². The normalized spacial score (nSPS) is 12.2. The SMILES string of the molecule is CCNc1ncc(Cl)c(NCCS(=O)CC)n1. The van der Waals surface area contributed by atoms with Gasteiger partial charge in [0.2, 0.25) is 5.95 Å². The second-order valence-corrected chi connectivity index (χ2v) is 5.55. The minimum atomic E-state index is -0.781. The van der Waals surface area contributed by atoms with Crippen molar-refractivity contribution in [3.8, 4) is 0 Å². The van der Waals surface area contributed by atoms with E-state index in [0.29, 0.717) is 34.8 Å². The van der Waals surface area contributed by atoms with Crippen LogP contribution in [0, 0.1) is 0 Å². The molecule has 0 spiro atoms. The second kappa shape index (κ2) is 7.45. The standard InChI is InChI=1S/C10H17ClN4OS/c1-3-12-10-14-7-8(11)9(15-10)13-5-6-17(16)4-2/h7H,3-6H2,1-2H3,(H2,12,13,14,15). The Labute approximate surface area is 109 Å². The third-order valence-corrected chi connectivity index (χ3v) is 3.60. The number of halogens is 1. The number of aromatic nitrogens is 2. The van der Waals surface area contributed by atoms with Gasteiger partial charge < -0.3 is 10.6 Å². The van der Waals surface area contributed by atoms with E-state index in [4.69, 9.17) is 11.6 Å². The van der Waals surface area contributed by atoms with Crippen LogP contribution in [0.1, 0.15) is 13.8 Å². The summed E-state index contributed by atoms with van der Waals surface area (Å²) in [6.07, 6.45) is 1.55. The first-order valence-electron chi connectivity index (χ1n) is 5.52. The van der Waals surface area contributed by atoms with Crippen LogP contribution in [0.5, 0.6) is 0 Å². The van der Waals surface area contributed by atoms with E-state index in [2.05, 4.69) is 20.6 Å². The van der Waals surface area contributed by atoms with Crippen molar-refractivity contribution in [3.05, 3.63) is 11.2 Å². The topological polar surface area (TPSA) is 66.9 Å². The molecular formula is C10H17ClN4OS. The van der Waals surface area contributed by atoms with Crippen molar-refractivity contribution in [2.45, 2.75) is 13.8 Å². The highest BCUT2D eigenvalue weighted by molar-refractivity contribution is 7.84. The molecule has 1 aromatic heterocycles. The minimum absolute atomic E-state index is 0.467. The van der Waals surface area contributed by atoms with Gasteiger partial charge in [0.15, 0.2) is 5.82 Å². The Hall–Kier alpha value is -0.880. The Balaban J connectivity index is 2.56. The lowest BCUT2D eigenvalue weighted by Crippen LogP contribution is -2.14. The lowest BCUT2D eigenvalue weighted by Gasteiger charge is -2.08. The maximum Gasteiger partial charge on any atom is 0.224 e. The molecule has 1 atom stereocenters. The molecule has 7 heteroatoms. The molecule has 5 nitrogen and oxygen atoms in total. The molecule has 0 fully saturated rings. The van der Waals surface area contributed by atoms with Crippen LogP contribution in [0.3, 0.4) is 0 Å².